The molecule has 1 atom stereocenters. The predicted molar refractivity (Wildman–Crippen MR) is 36.1 cm³/mol. The molecular weight excluding hydrogens is 197 g/mol. The van der Waals surface area contributed by atoms with Crippen LogP contribution in [0, 0.1) is 0 Å². The second-order valence-electron chi connectivity index (χ2n) is 1.65. The quantitative estimate of drug-likeness (QED) is 0.645. The van der Waals surface area contributed by atoms with Crippen molar-refractivity contribution in [1.29, 1.82) is 0 Å². The summed E-state index contributed by atoms with van der Waals surface area (Å²) in [4.78, 5) is 9.90. The van der Waals surface area contributed by atoms with E-state index in [-0.39, 0.29) is 16.8 Å². The van der Waals surface area contributed by atoms with E-state index in [4.69, 9.17) is 5.73 Å². The van der Waals surface area contributed by atoms with Gasteiger partial charge in [-0.2, -0.15) is 11.8 Å². The van der Waals surface area contributed by atoms with E-state index in [1.54, 1.807) is 0 Å². The van der Waals surface area contributed by atoms with Crippen LogP contribution in [0.1, 0.15) is 6.42 Å². The molecule has 0 aromatic heterocycles. The van der Waals surface area contributed by atoms with Gasteiger partial charge in [-0.25, -0.2) is 0 Å². The zero-order chi connectivity index (χ0) is 7.28. The van der Waals surface area contributed by atoms with Crippen LogP contribution >= 0.6 is 11.8 Å². The molecule has 0 aliphatic heterocycles. The zero-order valence-electron chi connectivity index (χ0n) is 5.55. The number of carbonyl (C=O) groups excluding carboxylic acids is 1. The third kappa shape index (κ3) is 6.41. The SMILES string of the molecule is CSCC[C@@H]([NH-])C(=O)[O-].[Co+2]. The Hall–Kier alpha value is 0.286. The molecule has 0 heterocycles. The van der Waals surface area contributed by atoms with E-state index >= 15 is 0 Å². The Labute approximate surface area is 74.9 Å². The Balaban J connectivity index is 0. The van der Waals surface area contributed by atoms with E-state index < -0.39 is 12.0 Å². The first-order valence-electron chi connectivity index (χ1n) is 2.59. The van der Waals surface area contributed by atoms with E-state index in [1.807, 2.05) is 6.26 Å². The summed E-state index contributed by atoms with van der Waals surface area (Å²) in [6, 6.07) is -1.04. The molecule has 0 bridgehead atoms. The van der Waals surface area contributed by atoms with Crippen LogP contribution in [-0.2, 0) is 21.6 Å². The Morgan fingerprint density at radius 3 is 2.60 bits per heavy atom. The van der Waals surface area contributed by atoms with Crippen molar-refractivity contribution in [3.8, 4) is 0 Å². The third-order valence-corrected chi connectivity index (χ3v) is 1.54. The average molecular weight is 206 g/mol. The van der Waals surface area contributed by atoms with Crippen molar-refractivity contribution in [1.82, 2.24) is 0 Å². The normalized spacial score (nSPS) is 11.8. The maximum atomic E-state index is 9.90. The number of thioether (sulfide) groups is 1. The Bertz CT molecular complexity index is 102. The summed E-state index contributed by atoms with van der Waals surface area (Å²) in [5.41, 5.74) is 6.85. The zero-order valence-corrected chi connectivity index (χ0v) is 7.41. The summed E-state index contributed by atoms with van der Waals surface area (Å²) in [5, 5.41) is 9.90. The van der Waals surface area contributed by atoms with Crippen LogP contribution in [0.4, 0.5) is 0 Å². The number of hydrogen-bond acceptors (Lipinski definition) is 3. The molecule has 0 saturated heterocycles. The van der Waals surface area contributed by atoms with E-state index in [1.165, 1.54) is 11.8 Å². The summed E-state index contributed by atoms with van der Waals surface area (Å²) < 4.78 is 0. The van der Waals surface area contributed by atoms with E-state index in [0.717, 1.165) is 0 Å². The molecule has 3 nitrogen and oxygen atoms in total. The van der Waals surface area contributed by atoms with Crippen LogP contribution in [0.2, 0.25) is 0 Å². The van der Waals surface area contributed by atoms with E-state index in [0.29, 0.717) is 12.2 Å². The smallest absolute Gasteiger partial charge is 0.670 e. The number of rotatable bonds is 4. The summed E-state index contributed by atoms with van der Waals surface area (Å²) >= 11 is 1.54. The molecule has 0 spiro atoms. The van der Waals surface area contributed by atoms with Crippen LogP contribution in [0.5, 0.6) is 0 Å². The molecule has 61 valence electrons. The molecule has 5 heteroatoms. The molecule has 0 unspecified atom stereocenters. The molecule has 0 aliphatic carbocycles. The van der Waals surface area contributed by atoms with Crippen molar-refractivity contribution in [2.75, 3.05) is 12.0 Å². The fourth-order valence-electron chi connectivity index (χ4n) is 0.354. The summed E-state index contributed by atoms with van der Waals surface area (Å²) in [7, 11) is 0. The topological polar surface area (TPSA) is 63.9 Å². The molecule has 10 heavy (non-hydrogen) atoms. The summed E-state index contributed by atoms with van der Waals surface area (Å²) in [6.45, 7) is 0. The Morgan fingerprint density at radius 1 is 1.80 bits per heavy atom. The van der Waals surface area contributed by atoms with Gasteiger partial charge in [-0.15, -0.1) is 0 Å². The minimum Gasteiger partial charge on any atom is -0.670 e. The first-order chi connectivity index (χ1) is 4.18. The maximum Gasteiger partial charge on any atom is 2.00 e. The van der Waals surface area contributed by atoms with Gasteiger partial charge in [0, 0.05) is 5.97 Å². The molecule has 0 aliphatic rings. The second-order valence-corrected chi connectivity index (χ2v) is 2.64. The van der Waals surface area contributed by atoms with Gasteiger partial charge < -0.3 is 15.6 Å². The number of nitrogens with one attached hydrogen (secondary N) is 1. The van der Waals surface area contributed by atoms with Gasteiger partial charge >= 0.3 is 16.8 Å². The largest absolute Gasteiger partial charge is 2.00 e. The third-order valence-electron chi connectivity index (χ3n) is 0.895. The van der Waals surface area contributed by atoms with Gasteiger partial charge in [0.15, 0.2) is 0 Å². The molecule has 1 N–H and O–H groups in total. The van der Waals surface area contributed by atoms with Gasteiger partial charge in [-0.3, -0.25) is 0 Å². The molecular formula is C5H9CoNO2S. The molecule has 0 aromatic rings. The molecule has 1 radical (unpaired) electrons. The molecule has 0 aromatic carbocycles. The van der Waals surface area contributed by atoms with Crippen molar-refractivity contribution in [3.05, 3.63) is 5.73 Å². The molecule has 0 rings (SSSR count). The van der Waals surface area contributed by atoms with Crippen LogP contribution in [-0.4, -0.2) is 24.0 Å². The van der Waals surface area contributed by atoms with Crippen LogP contribution in [0.3, 0.4) is 0 Å². The van der Waals surface area contributed by atoms with Crippen LogP contribution in [0.15, 0.2) is 0 Å². The molecule has 0 amide bonds. The average Bonchev–Trinajstić information content (AvgIpc) is 1.82. The fraction of sp³-hybridized carbons (Fsp3) is 0.800. The van der Waals surface area contributed by atoms with Gasteiger partial charge in [0.2, 0.25) is 0 Å². The number of hydrogen-bond donors (Lipinski definition) is 0. The van der Waals surface area contributed by atoms with Gasteiger partial charge in [0.05, 0.1) is 0 Å². The monoisotopic (exact) mass is 206 g/mol. The van der Waals surface area contributed by atoms with Crippen LogP contribution < -0.4 is 5.11 Å². The predicted octanol–water partition coefficient (Wildman–Crippen LogP) is -0.0923. The van der Waals surface area contributed by atoms with E-state index in [2.05, 4.69) is 0 Å². The first kappa shape index (κ1) is 12.9. The van der Waals surface area contributed by atoms with Crippen LogP contribution in [0.25, 0.3) is 5.73 Å². The number of carboxylic acids is 1. The number of carboxylic acid groups (broad SMARTS) is 1. The standard InChI is InChI=1S/C5H10NO2S.Co/c1-9-3-2-4(6)5(7)8;/h4,6H,2-3H2,1H3,(H,7,8);/q-1;+2/p-1/t4-;/m1./s1. The van der Waals surface area contributed by atoms with Gasteiger partial charge in [0.1, 0.15) is 0 Å². The molecule has 0 saturated carbocycles. The molecule has 0 fully saturated rings. The van der Waals surface area contributed by atoms with Crippen molar-refractivity contribution in [2.24, 2.45) is 0 Å². The second kappa shape index (κ2) is 7.39. The van der Waals surface area contributed by atoms with Crippen molar-refractivity contribution in [3.63, 3.8) is 0 Å². The van der Waals surface area contributed by atoms with Crippen molar-refractivity contribution in [2.45, 2.75) is 12.5 Å². The Morgan fingerprint density at radius 2 is 2.30 bits per heavy atom. The fourth-order valence-corrected chi connectivity index (χ4v) is 0.825. The maximum absolute atomic E-state index is 9.90. The van der Waals surface area contributed by atoms with Crippen molar-refractivity contribution < 1.29 is 26.7 Å². The van der Waals surface area contributed by atoms with Crippen molar-refractivity contribution >= 4 is 17.7 Å². The minimum absolute atomic E-state index is 0. The van der Waals surface area contributed by atoms with Gasteiger partial charge in [-0.1, -0.05) is 12.5 Å². The first-order valence-corrected chi connectivity index (χ1v) is 3.98. The van der Waals surface area contributed by atoms with Gasteiger partial charge in [-0.05, 0) is 12.0 Å². The van der Waals surface area contributed by atoms with E-state index in [9.17, 15) is 9.90 Å². The summed E-state index contributed by atoms with van der Waals surface area (Å²) in [6.07, 6.45) is 2.26. The summed E-state index contributed by atoms with van der Waals surface area (Å²) in [5.74, 6) is -0.564. The number of aliphatic carboxylic acids is 1. The van der Waals surface area contributed by atoms with Gasteiger partial charge in [0.25, 0.3) is 0 Å². The Kier molecular flexibility index (Phi) is 9.55. The minimum atomic E-state index is -1.27. The number of carbonyl (C=O) groups is 1.